The number of hydrogen-bond donors (Lipinski definition) is 0. The number of nitriles is 1. The van der Waals surface area contributed by atoms with Crippen molar-refractivity contribution in [1.29, 1.82) is 5.26 Å². The van der Waals surface area contributed by atoms with E-state index in [0.29, 0.717) is 0 Å². The zero-order chi connectivity index (χ0) is 19.3. The van der Waals surface area contributed by atoms with Crippen LogP contribution in [0.2, 0.25) is 0 Å². The molecule has 2 nitrogen and oxygen atoms in total. The predicted molar refractivity (Wildman–Crippen MR) is 117 cm³/mol. The highest BCUT2D eigenvalue weighted by Crippen LogP contribution is 2.37. The molecule has 4 rings (SSSR count). The second kappa shape index (κ2) is 8.31. The van der Waals surface area contributed by atoms with Gasteiger partial charge in [0.1, 0.15) is 6.07 Å². The van der Waals surface area contributed by atoms with Crippen molar-refractivity contribution in [2.45, 2.75) is 32.6 Å². The van der Waals surface area contributed by atoms with E-state index in [2.05, 4.69) is 84.6 Å². The molecule has 0 aromatic heterocycles. The molecule has 0 saturated carbocycles. The van der Waals surface area contributed by atoms with E-state index >= 15 is 0 Å². The molecule has 28 heavy (non-hydrogen) atoms. The smallest absolute Gasteiger partial charge is 0.102 e. The summed E-state index contributed by atoms with van der Waals surface area (Å²) in [6.45, 7) is 4.21. The normalized spacial score (nSPS) is 13.9. The first-order valence-corrected chi connectivity index (χ1v) is 10.2. The third kappa shape index (κ3) is 3.66. The van der Waals surface area contributed by atoms with E-state index in [4.69, 9.17) is 0 Å². The number of nitrogens with zero attached hydrogens (tertiary/aromatic N) is 2. The van der Waals surface area contributed by atoms with Gasteiger partial charge in [-0.2, -0.15) is 5.26 Å². The maximum atomic E-state index is 10.0. The molecule has 1 aliphatic rings. The highest BCUT2D eigenvalue weighted by Gasteiger charge is 2.21. The number of piperidine rings is 1. The van der Waals surface area contributed by atoms with Gasteiger partial charge in [-0.25, -0.2) is 0 Å². The number of hydrogen-bond acceptors (Lipinski definition) is 2. The average Bonchev–Trinajstić information content (AvgIpc) is 2.77. The minimum absolute atomic E-state index is 0.839. The van der Waals surface area contributed by atoms with Crippen molar-refractivity contribution in [2.24, 2.45) is 0 Å². The zero-order valence-corrected chi connectivity index (χ0v) is 16.5. The minimum atomic E-state index is 0.839. The third-order valence-corrected chi connectivity index (χ3v) is 5.81. The summed E-state index contributed by atoms with van der Waals surface area (Å²) in [5.74, 6) is 0. The first-order chi connectivity index (χ1) is 13.8. The molecule has 0 bridgehead atoms. The van der Waals surface area contributed by atoms with Crippen molar-refractivity contribution < 1.29 is 0 Å². The molecule has 0 atom stereocenters. The number of benzene rings is 3. The molecule has 3 aromatic rings. The number of rotatable bonds is 4. The first kappa shape index (κ1) is 18.3. The Morgan fingerprint density at radius 3 is 2.18 bits per heavy atom. The van der Waals surface area contributed by atoms with Crippen LogP contribution in [0.1, 0.15) is 41.5 Å². The monoisotopic (exact) mass is 366 g/mol. The second-order valence-electron chi connectivity index (χ2n) is 7.61. The standard InChI is InChI=1S/C26H26N2/c1-20-23(17-21-11-5-2-6-12-21)24(22-13-7-3-8-14-22)18-26(25(20)19-27)28-15-9-4-10-16-28/h2-3,5-8,11-14,18H,4,9-10,15-17H2,1H3. The molecule has 3 aromatic carbocycles. The van der Waals surface area contributed by atoms with Crippen LogP contribution >= 0.6 is 0 Å². The van der Waals surface area contributed by atoms with Crippen molar-refractivity contribution in [3.63, 3.8) is 0 Å². The predicted octanol–water partition coefficient (Wildman–Crippen LogP) is 6.11. The molecule has 1 heterocycles. The lowest BCUT2D eigenvalue weighted by Gasteiger charge is -2.31. The van der Waals surface area contributed by atoms with E-state index in [-0.39, 0.29) is 0 Å². The van der Waals surface area contributed by atoms with Gasteiger partial charge in [0, 0.05) is 13.1 Å². The lowest BCUT2D eigenvalue weighted by atomic mass is 9.87. The summed E-state index contributed by atoms with van der Waals surface area (Å²) in [6, 6.07) is 25.9. The van der Waals surface area contributed by atoms with E-state index in [0.717, 1.165) is 36.3 Å². The molecular formula is C26H26N2. The molecule has 1 fully saturated rings. The molecule has 0 aliphatic carbocycles. The molecule has 0 amide bonds. The largest absolute Gasteiger partial charge is 0.370 e. The maximum absolute atomic E-state index is 10.0. The summed E-state index contributed by atoms with van der Waals surface area (Å²) >= 11 is 0. The Labute approximate surface area is 168 Å². The summed E-state index contributed by atoms with van der Waals surface area (Å²) in [6.07, 6.45) is 4.54. The Balaban J connectivity index is 1.89. The van der Waals surface area contributed by atoms with Crippen LogP contribution < -0.4 is 4.90 Å². The van der Waals surface area contributed by atoms with E-state index in [9.17, 15) is 5.26 Å². The van der Waals surface area contributed by atoms with Crippen LogP contribution in [0.15, 0.2) is 66.7 Å². The van der Waals surface area contributed by atoms with Gasteiger partial charge in [0.25, 0.3) is 0 Å². The van der Waals surface area contributed by atoms with Gasteiger partial charge in [-0.15, -0.1) is 0 Å². The quantitative estimate of drug-likeness (QED) is 0.556. The van der Waals surface area contributed by atoms with Crippen molar-refractivity contribution >= 4 is 5.69 Å². The summed E-state index contributed by atoms with van der Waals surface area (Å²) in [4.78, 5) is 2.41. The van der Waals surface area contributed by atoms with Gasteiger partial charge in [-0.3, -0.25) is 0 Å². The molecule has 0 spiro atoms. The van der Waals surface area contributed by atoms with Crippen molar-refractivity contribution in [3.05, 3.63) is 89.0 Å². The van der Waals surface area contributed by atoms with Crippen molar-refractivity contribution in [1.82, 2.24) is 0 Å². The van der Waals surface area contributed by atoms with Crippen LogP contribution in [0, 0.1) is 18.3 Å². The molecule has 1 aliphatic heterocycles. The van der Waals surface area contributed by atoms with Gasteiger partial charge in [0.2, 0.25) is 0 Å². The fourth-order valence-corrected chi connectivity index (χ4v) is 4.27. The van der Waals surface area contributed by atoms with Gasteiger partial charge in [0.05, 0.1) is 11.3 Å². The Bertz CT molecular complexity index is 978. The summed E-state index contributed by atoms with van der Waals surface area (Å²) in [5.41, 5.74) is 8.07. The van der Waals surface area contributed by atoms with E-state index in [1.807, 2.05) is 0 Å². The minimum Gasteiger partial charge on any atom is -0.370 e. The van der Waals surface area contributed by atoms with Gasteiger partial charge in [-0.05, 0) is 66.5 Å². The third-order valence-electron chi connectivity index (χ3n) is 5.81. The summed E-state index contributed by atoms with van der Waals surface area (Å²) in [7, 11) is 0. The molecule has 0 unspecified atom stereocenters. The fraction of sp³-hybridized carbons (Fsp3) is 0.269. The van der Waals surface area contributed by atoms with Gasteiger partial charge >= 0.3 is 0 Å². The number of anilines is 1. The molecular weight excluding hydrogens is 340 g/mol. The Hall–Kier alpha value is -3.05. The van der Waals surface area contributed by atoms with Crippen molar-refractivity contribution in [2.75, 3.05) is 18.0 Å². The highest BCUT2D eigenvalue weighted by atomic mass is 15.1. The van der Waals surface area contributed by atoms with Crippen LogP contribution in [-0.2, 0) is 6.42 Å². The molecule has 140 valence electrons. The molecule has 1 saturated heterocycles. The molecule has 0 N–H and O–H groups in total. The van der Waals surface area contributed by atoms with Gasteiger partial charge in [0.15, 0.2) is 0 Å². The van der Waals surface area contributed by atoms with Gasteiger partial charge < -0.3 is 4.90 Å². The van der Waals surface area contributed by atoms with E-state index in [1.165, 1.54) is 41.5 Å². The maximum Gasteiger partial charge on any atom is 0.102 e. The van der Waals surface area contributed by atoms with Crippen LogP contribution in [0.3, 0.4) is 0 Å². The van der Waals surface area contributed by atoms with Crippen molar-refractivity contribution in [3.8, 4) is 17.2 Å². The lowest BCUT2D eigenvalue weighted by Crippen LogP contribution is -2.30. The summed E-state index contributed by atoms with van der Waals surface area (Å²) in [5, 5.41) is 10.0. The SMILES string of the molecule is Cc1c(C#N)c(N2CCCCC2)cc(-c2ccccc2)c1Cc1ccccc1. The lowest BCUT2D eigenvalue weighted by molar-refractivity contribution is 0.577. The fourth-order valence-electron chi connectivity index (χ4n) is 4.27. The van der Waals surface area contributed by atoms with Crippen LogP contribution in [0.4, 0.5) is 5.69 Å². The van der Waals surface area contributed by atoms with Crippen LogP contribution in [-0.4, -0.2) is 13.1 Å². The van der Waals surface area contributed by atoms with Crippen LogP contribution in [0.25, 0.3) is 11.1 Å². The first-order valence-electron chi connectivity index (χ1n) is 10.2. The Morgan fingerprint density at radius 1 is 0.893 bits per heavy atom. The second-order valence-corrected chi connectivity index (χ2v) is 7.61. The molecule has 2 heteroatoms. The van der Waals surface area contributed by atoms with Gasteiger partial charge in [-0.1, -0.05) is 60.7 Å². The topological polar surface area (TPSA) is 27.0 Å². The summed E-state index contributed by atoms with van der Waals surface area (Å²) < 4.78 is 0. The average molecular weight is 367 g/mol. The zero-order valence-electron chi connectivity index (χ0n) is 16.5. The van der Waals surface area contributed by atoms with E-state index in [1.54, 1.807) is 0 Å². The highest BCUT2D eigenvalue weighted by molar-refractivity contribution is 5.79. The molecule has 0 radical (unpaired) electrons. The Morgan fingerprint density at radius 2 is 1.54 bits per heavy atom. The van der Waals surface area contributed by atoms with E-state index < -0.39 is 0 Å². The Kier molecular flexibility index (Phi) is 5.44. The van der Waals surface area contributed by atoms with Crippen LogP contribution in [0.5, 0.6) is 0 Å².